The van der Waals surface area contributed by atoms with Crippen molar-refractivity contribution in [3.63, 3.8) is 0 Å². The zero-order valence-electron chi connectivity index (χ0n) is 8.84. The van der Waals surface area contributed by atoms with Gasteiger partial charge in [-0.1, -0.05) is 0 Å². The van der Waals surface area contributed by atoms with Crippen LogP contribution in [0, 0.1) is 0 Å². The van der Waals surface area contributed by atoms with Crippen LogP contribution < -0.4 is 15.9 Å². The summed E-state index contributed by atoms with van der Waals surface area (Å²) in [6.45, 7) is 1.94. The first-order valence-electron chi connectivity index (χ1n) is 5.12. The van der Waals surface area contributed by atoms with Crippen LogP contribution in [0.25, 0.3) is 5.65 Å². The van der Waals surface area contributed by atoms with Crippen LogP contribution in [-0.2, 0) is 0 Å². The third kappa shape index (κ3) is 1.28. The summed E-state index contributed by atoms with van der Waals surface area (Å²) in [5.41, 5.74) is 0.330. The summed E-state index contributed by atoms with van der Waals surface area (Å²) in [5.74, 6) is 0.831. The van der Waals surface area contributed by atoms with Gasteiger partial charge in [0, 0.05) is 26.2 Å². The molecule has 7 nitrogen and oxygen atoms in total. The lowest BCUT2D eigenvalue weighted by Crippen LogP contribution is -2.56. The minimum atomic E-state index is -0.262. The molecule has 0 spiro atoms. The third-order valence-electron chi connectivity index (χ3n) is 2.96. The second kappa shape index (κ2) is 3.31. The molecule has 0 radical (unpaired) electrons. The molecule has 1 saturated heterocycles. The first kappa shape index (κ1) is 9.34. The fourth-order valence-corrected chi connectivity index (χ4v) is 1.73. The molecule has 0 aliphatic carbocycles. The Balaban J connectivity index is 2.00. The number of nitrogens with zero attached hydrogens (tertiary/aromatic N) is 4. The molecule has 3 rings (SSSR count). The quantitative estimate of drug-likeness (QED) is 0.666. The van der Waals surface area contributed by atoms with Gasteiger partial charge in [0.05, 0.1) is 6.04 Å². The normalized spacial score (nSPS) is 16.3. The van der Waals surface area contributed by atoms with Gasteiger partial charge in [0.2, 0.25) is 0 Å². The molecule has 1 fully saturated rings. The predicted octanol–water partition coefficient (Wildman–Crippen LogP) is -1.17. The standard InChI is InChI=1S/C9H12N6O/c1-14(6-3-10-4-6)7-2-8-12-13-9(16)15(8)5-11-7/h2,5-6,10H,3-4H2,1H3,(H,13,16). The summed E-state index contributed by atoms with van der Waals surface area (Å²) >= 11 is 0. The van der Waals surface area contributed by atoms with E-state index in [1.54, 1.807) is 6.07 Å². The van der Waals surface area contributed by atoms with Gasteiger partial charge in [-0.25, -0.2) is 19.3 Å². The minimum absolute atomic E-state index is 0.262. The molecule has 1 aliphatic heterocycles. The highest BCUT2D eigenvalue weighted by Gasteiger charge is 2.22. The van der Waals surface area contributed by atoms with Crippen molar-refractivity contribution in [3.05, 3.63) is 22.9 Å². The fourth-order valence-electron chi connectivity index (χ4n) is 1.73. The number of fused-ring (bicyclic) bond motifs is 1. The summed E-state index contributed by atoms with van der Waals surface area (Å²) < 4.78 is 1.39. The van der Waals surface area contributed by atoms with E-state index in [-0.39, 0.29) is 5.69 Å². The Kier molecular flexibility index (Phi) is 1.93. The maximum atomic E-state index is 11.2. The van der Waals surface area contributed by atoms with Crippen LogP contribution in [0.4, 0.5) is 5.82 Å². The summed E-state index contributed by atoms with van der Waals surface area (Å²) in [6, 6.07) is 2.27. The molecule has 1 aliphatic rings. The largest absolute Gasteiger partial charge is 0.354 e. The van der Waals surface area contributed by atoms with Crippen LogP contribution in [0.15, 0.2) is 17.2 Å². The average molecular weight is 220 g/mol. The highest BCUT2D eigenvalue weighted by molar-refractivity contribution is 5.50. The smallest absolute Gasteiger partial charge is 0.348 e. The van der Waals surface area contributed by atoms with Crippen molar-refractivity contribution in [2.24, 2.45) is 0 Å². The molecule has 2 aromatic rings. The van der Waals surface area contributed by atoms with E-state index in [1.165, 1.54) is 10.7 Å². The molecule has 0 unspecified atom stereocenters. The van der Waals surface area contributed by atoms with E-state index in [0.717, 1.165) is 18.9 Å². The molecule has 0 amide bonds. The molecule has 0 aromatic carbocycles. The maximum absolute atomic E-state index is 11.2. The molecule has 3 heterocycles. The Hall–Kier alpha value is -1.89. The van der Waals surface area contributed by atoms with E-state index >= 15 is 0 Å². The molecule has 0 bridgehead atoms. The molecular formula is C9H12N6O. The van der Waals surface area contributed by atoms with Gasteiger partial charge in [0.15, 0.2) is 5.65 Å². The first-order chi connectivity index (χ1) is 7.75. The van der Waals surface area contributed by atoms with E-state index in [4.69, 9.17) is 0 Å². The van der Waals surface area contributed by atoms with Crippen LogP contribution in [0.3, 0.4) is 0 Å². The van der Waals surface area contributed by atoms with Crippen LogP contribution in [0.2, 0.25) is 0 Å². The number of aromatic amines is 1. The molecule has 2 aromatic heterocycles. The summed E-state index contributed by atoms with van der Waals surface area (Å²) in [6.07, 6.45) is 1.50. The molecule has 84 valence electrons. The Morgan fingerprint density at radius 1 is 1.56 bits per heavy atom. The lowest BCUT2D eigenvalue weighted by Gasteiger charge is -2.36. The van der Waals surface area contributed by atoms with Crippen molar-refractivity contribution in [2.75, 3.05) is 25.0 Å². The number of anilines is 1. The summed E-state index contributed by atoms with van der Waals surface area (Å²) in [7, 11) is 2.00. The zero-order chi connectivity index (χ0) is 11.1. The molecule has 0 atom stereocenters. The van der Waals surface area contributed by atoms with Crippen molar-refractivity contribution in [3.8, 4) is 0 Å². The van der Waals surface area contributed by atoms with Gasteiger partial charge in [-0.2, -0.15) is 5.10 Å². The number of hydrogen-bond acceptors (Lipinski definition) is 5. The Bertz CT molecular complexity index is 569. The van der Waals surface area contributed by atoms with Crippen molar-refractivity contribution in [2.45, 2.75) is 6.04 Å². The van der Waals surface area contributed by atoms with E-state index in [9.17, 15) is 4.79 Å². The second-order valence-electron chi connectivity index (χ2n) is 3.93. The van der Waals surface area contributed by atoms with Gasteiger partial charge in [-0.3, -0.25) is 0 Å². The van der Waals surface area contributed by atoms with Gasteiger partial charge < -0.3 is 10.2 Å². The van der Waals surface area contributed by atoms with Crippen LogP contribution in [0.5, 0.6) is 0 Å². The topological polar surface area (TPSA) is 78.3 Å². The third-order valence-corrected chi connectivity index (χ3v) is 2.96. The minimum Gasteiger partial charge on any atom is -0.354 e. The Labute approximate surface area is 91.1 Å². The zero-order valence-corrected chi connectivity index (χ0v) is 8.84. The number of H-pyrrole nitrogens is 1. The van der Waals surface area contributed by atoms with Crippen molar-refractivity contribution in [1.29, 1.82) is 0 Å². The average Bonchev–Trinajstić information content (AvgIpc) is 2.57. The van der Waals surface area contributed by atoms with E-state index in [2.05, 4.69) is 25.4 Å². The van der Waals surface area contributed by atoms with E-state index in [1.807, 2.05) is 7.05 Å². The van der Waals surface area contributed by atoms with E-state index < -0.39 is 0 Å². The first-order valence-corrected chi connectivity index (χ1v) is 5.12. The number of likely N-dealkylation sites (N-methyl/N-ethyl adjacent to an activating group) is 1. The van der Waals surface area contributed by atoms with Gasteiger partial charge in [0.25, 0.3) is 0 Å². The number of hydrogen-bond donors (Lipinski definition) is 2. The van der Waals surface area contributed by atoms with E-state index in [0.29, 0.717) is 11.7 Å². The highest BCUT2D eigenvalue weighted by atomic mass is 16.1. The lowest BCUT2D eigenvalue weighted by atomic mass is 10.1. The highest BCUT2D eigenvalue weighted by Crippen LogP contribution is 2.14. The maximum Gasteiger partial charge on any atom is 0.348 e. The monoisotopic (exact) mass is 220 g/mol. The van der Waals surface area contributed by atoms with Gasteiger partial charge in [0.1, 0.15) is 12.1 Å². The predicted molar refractivity (Wildman–Crippen MR) is 58.7 cm³/mol. The van der Waals surface area contributed by atoms with Crippen LogP contribution in [0.1, 0.15) is 0 Å². The van der Waals surface area contributed by atoms with Gasteiger partial charge in [-0.05, 0) is 0 Å². The lowest BCUT2D eigenvalue weighted by molar-refractivity contribution is 0.426. The molecular weight excluding hydrogens is 208 g/mol. The summed E-state index contributed by atoms with van der Waals surface area (Å²) in [4.78, 5) is 17.6. The molecule has 16 heavy (non-hydrogen) atoms. The Morgan fingerprint density at radius 2 is 2.38 bits per heavy atom. The number of rotatable bonds is 2. The van der Waals surface area contributed by atoms with Gasteiger partial charge in [-0.15, -0.1) is 0 Å². The number of aromatic nitrogens is 4. The van der Waals surface area contributed by atoms with Crippen molar-refractivity contribution < 1.29 is 0 Å². The van der Waals surface area contributed by atoms with Crippen LogP contribution in [-0.4, -0.2) is 45.8 Å². The summed E-state index contributed by atoms with van der Waals surface area (Å²) in [5, 5.41) is 9.50. The molecule has 7 heteroatoms. The SMILES string of the molecule is CN(c1cc2n[nH]c(=O)n2cn1)C1CNC1. The fraction of sp³-hybridized carbons (Fsp3) is 0.444. The Morgan fingerprint density at radius 3 is 3.06 bits per heavy atom. The number of nitrogens with one attached hydrogen (secondary N) is 2. The molecule has 2 N–H and O–H groups in total. The van der Waals surface area contributed by atoms with Crippen molar-refractivity contribution >= 4 is 11.5 Å². The second-order valence-corrected chi connectivity index (χ2v) is 3.93. The van der Waals surface area contributed by atoms with Gasteiger partial charge >= 0.3 is 5.69 Å². The van der Waals surface area contributed by atoms with Crippen molar-refractivity contribution in [1.82, 2.24) is 24.9 Å². The molecule has 0 saturated carbocycles. The van der Waals surface area contributed by atoms with Crippen LogP contribution >= 0.6 is 0 Å².